The molecule has 1 rings (SSSR count). The fraction of sp³-hybridized carbons (Fsp3) is 1.00. The van der Waals surface area contributed by atoms with Crippen LogP contribution in [0.3, 0.4) is 0 Å². The van der Waals surface area contributed by atoms with Gasteiger partial charge in [-0.1, -0.05) is 40.0 Å². The van der Waals surface area contributed by atoms with E-state index >= 15 is 0 Å². The molecule has 0 aromatic rings. The third-order valence-corrected chi connectivity index (χ3v) is 5.14. The molecule has 18 heavy (non-hydrogen) atoms. The predicted octanol–water partition coefficient (Wildman–Crippen LogP) is 4.13. The summed E-state index contributed by atoms with van der Waals surface area (Å²) in [6, 6.07) is 0.210. The summed E-state index contributed by atoms with van der Waals surface area (Å²) in [6.07, 6.45) is 8.74. The second kappa shape index (κ2) is 7.49. The molecular formula is C16H33NO. The van der Waals surface area contributed by atoms with Gasteiger partial charge in [0.2, 0.25) is 0 Å². The Morgan fingerprint density at radius 3 is 2.33 bits per heavy atom. The van der Waals surface area contributed by atoms with Crippen molar-refractivity contribution in [3.63, 3.8) is 0 Å². The summed E-state index contributed by atoms with van der Waals surface area (Å²) in [6.45, 7) is 9.62. The number of ether oxygens (including phenoxy) is 1. The molecule has 0 heterocycles. The number of hydrogen-bond donors (Lipinski definition) is 1. The topological polar surface area (TPSA) is 35.2 Å². The van der Waals surface area contributed by atoms with Gasteiger partial charge in [-0.2, -0.15) is 0 Å². The molecule has 1 aliphatic rings. The Kier molecular flexibility index (Phi) is 6.65. The van der Waals surface area contributed by atoms with Gasteiger partial charge < -0.3 is 10.5 Å². The highest BCUT2D eigenvalue weighted by molar-refractivity contribution is 4.95. The van der Waals surface area contributed by atoms with Gasteiger partial charge in [0.05, 0.1) is 5.60 Å². The lowest BCUT2D eigenvalue weighted by molar-refractivity contribution is -0.0809. The lowest BCUT2D eigenvalue weighted by Crippen LogP contribution is -2.54. The van der Waals surface area contributed by atoms with Gasteiger partial charge in [0.15, 0.2) is 0 Å². The van der Waals surface area contributed by atoms with Crippen LogP contribution in [-0.4, -0.2) is 18.2 Å². The minimum Gasteiger partial charge on any atom is -0.374 e. The van der Waals surface area contributed by atoms with Crippen molar-refractivity contribution in [2.45, 2.75) is 84.3 Å². The van der Waals surface area contributed by atoms with Crippen molar-refractivity contribution >= 4 is 0 Å². The summed E-state index contributed by atoms with van der Waals surface area (Å²) in [4.78, 5) is 0. The van der Waals surface area contributed by atoms with Crippen molar-refractivity contribution in [1.29, 1.82) is 0 Å². The van der Waals surface area contributed by atoms with E-state index in [0.29, 0.717) is 5.92 Å². The molecule has 1 aliphatic carbocycles. The molecule has 1 saturated carbocycles. The van der Waals surface area contributed by atoms with Crippen molar-refractivity contribution in [3.8, 4) is 0 Å². The summed E-state index contributed by atoms with van der Waals surface area (Å²) in [5.41, 5.74) is 6.54. The molecule has 0 radical (unpaired) electrons. The number of rotatable bonds is 7. The van der Waals surface area contributed by atoms with Crippen molar-refractivity contribution in [1.82, 2.24) is 0 Å². The molecule has 3 atom stereocenters. The molecule has 0 aromatic carbocycles. The number of nitrogens with two attached hydrogens (primary N) is 1. The highest BCUT2D eigenvalue weighted by Crippen LogP contribution is 2.38. The summed E-state index contributed by atoms with van der Waals surface area (Å²) in [5, 5.41) is 0. The second-order valence-corrected chi connectivity index (χ2v) is 5.93. The molecule has 0 aliphatic heterocycles. The van der Waals surface area contributed by atoms with Crippen LogP contribution in [0, 0.1) is 11.8 Å². The molecule has 2 nitrogen and oxygen atoms in total. The Balaban J connectivity index is 2.72. The van der Waals surface area contributed by atoms with E-state index < -0.39 is 0 Å². The van der Waals surface area contributed by atoms with Gasteiger partial charge in [0.25, 0.3) is 0 Å². The lowest BCUT2D eigenvalue weighted by Gasteiger charge is -2.43. The fourth-order valence-electron chi connectivity index (χ4n) is 3.77. The third kappa shape index (κ3) is 3.48. The van der Waals surface area contributed by atoms with Crippen LogP contribution in [0.2, 0.25) is 0 Å². The minimum absolute atomic E-state index is 0.0882. The third-order valence-electron chi connectivity index (χ3n) is 5.14. The maximum atomic E-state index is 6.63. The van der Waals surface area contributed by atoms with Gasteiger partial charge >= 0.3 is 0 Å². The zero-order chi connectivity index (χ0) is 13.6. The van der Waals surface area contributed by atoms with Gasteiger partial charge in [0.1, 0.15) is 0 Å². The first kappa shape index (κ1) is 16.0. The Bertz CT molecular complexity index is 225. The Labute approximate surface area is 114 Å². The van der Waals surface area contributed by atoms with Gasteiger partial charge in [-0.05, 0) is 44.4 Å². The highest BCUT2D eigenvalue weighted by Gasteiger charge is 2.40. The monoisotopic (exact) mass is 255 g/mol. The molecule has 1 fully saturated rings. The smallest absolute Gasteiger partial charge is 0.0829 e. The first-order valence-electron chi connectivity index (χ1n) is 8.02. The molecule has 0 spiro atoms. The average molecular weight is 255 g/mol. The molecule has 0 aromatic heterocycles. The van der Waals surface area contributed by atoms with Crippen LogP contribution in [0.5, 0.6) is 0 Å². The van der Waals surface area contributed by atoms with Crippen molar-refractivity contribution < 1.29 is 4.74 Å². The van der Waals surface area contributed by atoms with E-state index in [1.807, 2.05) is 0 Å². The minimum atomic E-state index is -0.0882. The maximum Gasteiger partial charge on any atom is 0.0829 e. The first-order valence-corrected chi connectivity index (χ1v) is 8.02. The largest absolute Gasteiger partial charge is 0.374 e. The molecule has 2 N–H and O–H groups in total. The van der Waals surface area contributed by atoms with Gasteiger partial charge in [-0.3, -0.25) is 0 Å². The zero-order valence-electron chi connectivity index (χ0n) is 12.9. The van der Waals surface area contributed by atoms with E-state index in [1.165, 1.54) is 32.1 Å². The molecular weight excluding hydrogens is 222 g/mol. The van der Waals surface area contributed by atoms with Crippen molar-refractivity contribution in [3.05, 3.63) is 0 Å². The average Bonchev–Trinajstić information content (AvgIpc) is 2.44. The summed E-state index contributed by atoms with van der Waals surface area (Å²) >= 11 is 0. The second-order valence-electron chi connectivity index (χ2n) is 5.93. The van der Waals surface area contributed by atoms with Crippen LogP contribution in [0.25, 0.3) is 0 Å². The molecule has 0 saturated heterocycles. The van der Waals surface area contributed by atoms with E-state index in [4.69, 9.17) is 10.5 Å². The van der Waals surface area contributed by atoms with Crippen LogP contribution in [-0.2, 0) is 4.74 Å². The van der Waals surface area contributed by atoms with Gasteiger partial charge in [-0.25, -0.2) is 0 Å². The van der Waals surface area contributed by atoms with Gasteiger partial charge in [0, 0.05) is 12.6 Å². The van der Waals surface area contributed by atoms with E-state index in [1.54, 1.807) is 0 Å². The van der Waals surface area contributed by atoms with E-state index in [9.17, 15) is 0 Å². The van der Waals surface area contributed by atoms with E-state index in [-0.39, 0.29) is 11.6 Å². The Hall–Kier alpha value is -0.0800. The summed E-state index contributed by atoms with van der Waals surface area (Å²) in [5.74, 6) is 1.55. The van der Waals surface area contributed by atoms with E-state index in [2.05, 4.69) is 27.7 Å². The molecule has 2 heteroatoms. The first-order chi connectivity index (χ1) is 8.63. The predicted molar refractivity (Wildman–Crippen MR) is 78.7 cm³/mol. The standard InChI is InChI=1S/C16H33NO/c1-5-13-10-9-11-14(12-13)15(17)16(6-2,7-3)18-8-4/h13-15H,5-12,17H2,1-4H3. The Morgan fingerprint density at radius 1 is 1.17 bits per heavy atom. The normalized spacial score (nSPS) is 27.2. The number of hydrogen-bond acceptors (Lipinski definition) is 2. The molecule has 108 valence electrons. The zero-order valence-corrected chi connectivity index (χ0v) is 12.9. The summed E-state index contributed by atoms with van der Waals surface area (Å²) < 4.78 is 6.09. The Morgan fingerprint density at radius 2 is 1.83 bits per heavy atom. The van der Waals surface area contributed by atoms with Crippen LogP contribution in [0.4, 0.5) is 0 Å². The lowest BCUT2D eigenvalue weighted by atomic mass is 9.71. The summed E-state index contributed by atoms with van der Waals surface area (Å²) in [7, 11) is 0. The van der Waals surface area contributed by atoms with Crippen molar-refractivity contribution in [2.24, 2.45) is 17.6 Å². The van der Waals surface area contributed by atoms with Crippen LogP contribution >= 0.6 is 0 Å². The maximum absolute atomic E-state index is 6.63. The van der Waals surface area contributed by atoms with Gasteiger partial charge in [-0.15, -0.1) is 0 Å². The van der Waals surface area contributed by atoms with Crippen LogP contribution < -0.4 is 5.73 Å². The van der Waals surface area contributed by atoms with Crippen molar-refractivity contribution in [2.75, 3.05) is 6.61 Å². The molecule has 0 amide bonds. The molecule has 0 bridgehead atoms. The highest BCUT2D eigenvalue weighted by atomic mass is 16.5. The van der Waals surface area contributed by atoms with Crippen LogP contribution in [0.15, 0.2) is 0 Å². The van der Waals surface area contributed by atoms with E-state index in [0.717, 1.165) is 25.4 Å². The SMILES string of the molecule is CCOC(CC)(CC)C(N)C1CCCC(CC)C1. The fourth-order valence-corrected chi connectivity index (χ4v) is 3.77. The molecule has 3 unspecified atom stereocenters. The quantitative estimate of drug-likeness (QED) is 0.742. The van der Waals surface area contributed by atoms with Crippen LogP contribution in [0.1, 0.15) is 72.6 Å².